The van der Waals surface area contributed by atoms with E-state index in [1.54, 1.807) is 59.5 Å². The van der Waals surface area contributed by atoms with Gasteiger partial charge in [0.15, 0.2) is 0 Å². The van der Waals surface area contributed by atoms with Gasteiger partial charge in [-0.05, 0) is 47.4 Å². The highest BCUT2D eigenvalue weighted by Crippen LogP contribution is 2.46. The molecule has 1 aromatic heterocycles. The number of benzene rings is 3. The van der Waals surface area contributed by atoms with Crippen molar-refractivity contribution in [2.45, 2.75) is 30.8 Å². The van der Waals surface area contributed by atoms with Crippen LogP contribution in [0.4, 0.5) is 0 Å². The number of fused-ring (bicyclic) bond motifs is 1. The van der Waals surface area contributed by atoms with Gasteiger partial charge in [0.2, 0.25) is 17.8 Å². The minimum absolute atomic E-state index is 0.254. The van der Waals surface area contributed by atoms with Gasteiger partial charge in [0.1, 0.15) is 0 Å². The molecule has 0 fully saturated rings. The van der Waals surface area contributed by atoms with E-state index in [1.165, 1.54) is 6.20 Å². The van der Waals surface area contributed by atoms with E-state index in [1.807, 2.05) is 36.4 Å². The molecule has 3 aromatic carbocycles. The number of carbonyl (C=O) groups is 2. The number of carbonyl (C=O) groups excluding carboxylic acids is 2. The van der Waals surface area contributed by atoms with Gasteiger partial charge in [0, 0.05) is 39.0 Å². The third-order valence-electron chi connectivity index (χ3n) is 7.46. The van der Waals surface area contributed by atoms with E-state index in [0.29, 0.717) is 45.3 Å². The first-order chi connectivity index (χ1) is 19.9. The first-order valence-electron chi connectivity index (χ1n) is 13.4. The van der Waals surface area contributed by atoms with Gasteiger partial charge in [0.05, 0.1) is 31.0 Å². The molecule has 0 unspecified atom stereocenters. The third-order valence-corrected chi connectivity index (χ3v) is 8.02. The summed E-state index contributed by atoms with van der Waals surface area (Å²) in [7, 11) is 0. The molecule has 0 bridgehead atoms. The Kier molecular flexibility index (Phi) is 8.88. The SMILES string of the molecule is O=C(NCCc1cccc[n+]1O)[C@@H]1c2ccccc2C(=O)N([C@H](CO)Cc2ccccc2)[C@H]1c1ccc(Cl)cc1Cl. The molecule has 5 rings (SSSR count). The molecule has 4 aromatic rings. The third kappa shape index (κ3) is 6.07. The van der Waals surface area contributed by atoms with Crippen molar-refractivity contribution in [1.82, 2.24) is 10.2 Å². The number of aliphatic hydroxyl groups excluding tert-OH is 1. The Morgan fingerprint density at radius 3 is 2.41 bits per heavy atom. The molecule has 0 saturated heterocycles. The van der Waals surface area contributed by atoms with Crippen LogP contribution in [0.3, 0.4) is 0 Å². The summed E-state index contributed by atoms with van der Waals surface area (Å²) in [6, 6.07) is 25.5. The number of nitrogens with zero attached hydrogens (tertiary/aromatic N) is 2. The van der Waals surface area contributed by atoms with E-state index < -0.39 is 18.0 Å². The summed E-state index contributed by atoms with van der Waals surface area (Å²) in [6.07, 6.45) is 2.30. The average Bonchev–Trinajstić information content (AvgIpc) is 2.98. The predicted octanol–water partition coefficient (Wildman–Crippen LogP) is 4.76. The zero-order valence-electron chi connectivity index (χ0n) is 22.2. The first-order valence-corrected chi connectivity index (χ1v) is 14.1. The van der Waals surface area contributed by atoms with Crippen molar-refractivity contribution in [2.75, 3.05) is 13.2 Å². The average molecular weight is 592 g/mol. The molecular weight excluding hydrogens is 561 g/mol. The molecule has 1 aliphatic rings. The van der Waals surface area contributed by atoms with Crippen molar-refractivity contribution in [1.29, 1.82) is 0 Å². The molecule has 3 atom stereocenters. The van der Waals surface area contributed by atoms with Gasteiger partial charge >= 0.3 is 0 Å². The highest BCUT2D eigenvalue weighted by molar-refractivity contribution is 6.35. The molecule has 0 saturated carbocycles. The smallest absolute Gasteiger partial charge is 0.255 e. The largest absolute Gasteiger partial charge is 0.394 e. The van der Waals surface area contributed by atoms with Crippen LogP contribution >= 0.6 is 23.2 Å². The van der Waals surface area contributed by atoms with Crippen molar-refractivity contribution in [3.63, 3.8) is 0 Å². The van der Waals surface area contributed by atoms with Crippen LogP contribution in [0.5, 0.6) is 0 Å². The Balaban J connectivity index is 1.58. The summed E-state index contributed by atoms with van der Waals surface area (Å²) in [5, 5.41) is 24.5. The van der Waals surface area contributed by atoms with Crippen LogP contribution in [-0.2, 0) is 17.6 Å². The molecule has 210 valence electrons. The van der Waals surface area contributed by atoms with Gasteiger partial charge in [-0.25, -0.2) is 0 Å². The molecular formula is C32H30Cl2N3O4+. The summed E-state index contributed by atoms with van der Waals surface area (Å²) in [6.45, 7) is -0.0616. The van der Waals surface area contributed by atoms with Crippen molar-refractivity contribution in [3.05, 3.63) is 135 Å². The van der Waals surface area contributed by atoms with Crippen molar-refractivity contribution >= 4 is 35.0 Å². The maximum atomic E-state index is 14.2. The van der Waals surface area contributed by atoms with E-state index in [0.717, 1.165) is 10.3 Å². The van der Waals surface area contributed by atoms with Crippen molar-refractivity contribution < 1.29 is 24.6 Å². The summed E-state index contributed by atoms with van der Waals surface area (Å²) in [5.41, 5.74) is 3.11. The van der Waals surface area contributed by atoms with Crippen LogP contribution in [0, 0.1) is 0 Å². The first kappa shape index (κ1) is 28.6. The number of rotatable bonds is 9. The van der Waals surface area contributed by atoms with Crippen LogP contribution in [-0.4, -0.2) is 46.2 Å². The Morgan fingerprint density at radius 1 is 0.951 bits per heavy atom. The number of nitrogens with one attached hydrogen (secondary N) is 1. The quantitative estimate of drug-likeness (QED) is 0.193. The summed E-state index contributed by atoms with van der Waals surface area (Å²) < 4.78 is 1.02. The van der Waals surface area contributed by atoms with Crippen LogP contribution in [0.2, 0.25) is 10.0 Å². The Labute approximate surface area is 248 Å². The van der Waals surface area contributed by atoms with Crippen LogP contribution in [0.15, 0.2) is 97.2 Å². The number of hydrogen-bond acceptors (Lipinski definition) is 4. The van der Waals surface area contributed by atoms with E-state index in [9.17, 15) is 19.9 Å². The van der Waals surface area contributed by atoms with Gasteiger partial charge in [-0.3, -0.25) is 14.8 Å². The van der Waals surface area contributed by atoms with Gasteiger partial charge in [-0.1, -0.05) is 77.8 Å². The standard InChI is InChI=1S/C32H29Cl2N3O4/c33-22-13-14-27(28(34)19-22)30-29(31(39)35-16-15-23-10-6-7-17-36(23)41)25-11-4-5-12-26(25)32(40)37(30)24(20-38)18-21-8-2-1-3-9-21/h1-14,17,19,24,29-30,38H,15-16,18,20H2,(H-,35,39,41)/p+1/t24-,29+,30-/m0/s1. The monoisotopic (exact) mass is 590 g/mol. The molecule has 9 heteroatoms. The summed E-state index contributed by atoms with van der Waals surface area (Å²) >= 11 is 13.0. The zero-order chi connectivity index (χ0) is 28.9. The molecule has 0 spiro atoms. The fourth-order valence-corrected chi connectivity index (χ4v) is 6.06. The number of hydrogen-bond donors (Lipinski definition) is 3. The lowest BCUT2D eigenvalue weighted by atomic mass is 9.78. The van der Waals surface area contributed by atoms with Crippen LogP contribution in [0.25, 0.3) is 0 Å². The number of pyridine rings is 1. The second-order valence-electron chi connectivity index (χ2n) is 9.99. The fraction of sp³-hybridized carbons (Fsp3) is 0.219. The number of halogens is 2. The van der Waals surface area contributed by atoms with Crippen LogP contribution < -0.4 is 10.0 Å². The minimum Gasteiger partial charge on any atom is -0.394 e. The normalized spacial score (nSPS) is 17.1. The van der Waals surface area contributed by atoms with Gasteiger partial charge in [-0.2, -0.15) is 0 Å². The Hall–Kier alpha value is -3.91. The Morgan fingerprint density at radius 2 is 1.68 bits per heavy atom. The lowest BCUT2D eigenvalue weighted by molar-refractivity contribution is -0.909. The molecule has 7 nitrogen and oxygen atoms in total. The number of aromatic nitrogens is 1. The molecule has 2 heterocycles. The summed E-state index contributed by atoms with van der Waals surface area (Å²) in [4.78, 5) is 29.8. The predicted molar refractivity (Wildman–Crippen MR) is 156 cm³/mol. The van der Waals surface area contributed by atoms with E-state index in [-0.39, 0.29) is 25.0 Å². The highest BCUT2D eigenvalue weighted by atomic mass is 35.5. The maximum Gasteiger partial charge on any atom is 0.255 e. The number of aliphatic hydroxyl groups is 1. The second-order valence-corrected chi connectivity index (χ2v) is 10.8. The lowest BCUT2D eigenvalue weighted by Crippen LogP contribution is -2.53. The molecule has 41 heavy (non-hydrogen) atoms. The van der Waals surface area contributed by atoms with Crippen molar-refractivity contribution in [2.24, 2.45) is 0 Å². The topological polar surface area (TPSA) is 93.8 Å². The lowest BCUT2D eigenvalue weighted by Gasteiger charge is -2.45. The molecule has 2 amide bonds. The fourth-order valence-electron chi connectivity index (χ4n) is 5.54. The zero-order valence-corrected chi connectivity index (χ0v) is 23.7. The van der Waals surface area contributed by atoms with Gasteiger partial charge in [-0.15, -0.1) is 0 Å². The minimum atomic E-state index is -0.829. The molecule has 1 aliphatic heterocycles. The number of amides is 2. The van der Waals surface area contributed by atoms with Crippen molar-refractivity contribution in [3.8, 4) is 0 Å². The van der Waals surface area contributed by atoms with E-state index >= 15 is 0 Å². The second kappa shape index (κ2) is 12.7. The maximum absolute atomic E-state index is 14.2. The molecule has 3 N–H and O–H groups in total. The van der Waals surface area contributed by atoms with Gasteiger partial charge < -0.3 is 15.3 Å². The highest BCUT2D eigenvalue weighted by Gasteiger charge is 2.47. The van der Waals surface area contributed by atoms with Crippen LogP contribution in [0.1, 0.15) is 44.7 Å². The Bertz CT molecular complexity index is 1550. The van der Waals surface area contributed by atoms with E-state index in [4.69, 9.17) is 23.2 Å². The molecule has 0 radical (unpaired) electrons. The van der Waals surface area contributed by atoms with E-state index in [2.05, 4.69) is 5.32 Å². The van der Waals surface area contributed by atoms with Gasteiger partial charge in [0.25, 0.3) is 5.91 Å². The summed E-state index contributed by atoms with van der Waals surface area (Å²) in [5.74, 6) is -1.42. The molecule has 0 aliphatic carbocycles.